The molecule has 0 aromatic heterocycles. The molecule has 2 aromatic rings. The van der Waals surface area contributed by atoms with Crippen LogP contribution in [-0.4, -0.2) is 146 Å². The van der Waals surface area contributed by atoms with E-state index in [1.54, 1.807) is 37.7 Å². The molecule has 0 bridgehead atoms. The number of para-hydroxylation sites is 2. The molecule has 80 heavy (non-hydrogen) atoms. The number of hydrogen-bond donors (Lipinski definition) is 8. The van der Waals surface area contributed by atoms with Crippen LogP contribution in [0.2, 0.25) is 0 Å². The van der Waals surface area contributed by atoms with Crippen molar-refractivity contribution in [3.05, 3.63) is 59.7 Å². The Morgan fingerprint density at radius 2 is 0.850 bits per heavy atom. The van der Waals surface area contributed by atoms with E-state index < -0.39 is 60.2 Å². The lowest BCUT2D eigenvalue weighted by Crippen LogP contribution is -2.58. The Morgan fingerprint density at radius 3 is 1.23 bits per heavy atom. The van der Waals surface area contributed by atoms with Crippen LogP contribution in [0.25, 0.3) is 0 Å². The van der Waals surface area contributed by atoms with E-state index in [4.69, 9.17) is 9.47 Å². The molecule has 8 amide bonds. The van der Waals surface area contributed by atoms with Gasteiger partial charge in [-0.1, -0.05) is 74.9 Å². The largest absolute Gasteiger partial charge is 0.493 e. The first-order chi connectivity index (χ1) is 38.7. The maximum absolute atomic E-state index is 14.9. The summed E-state index contributed by atoms with van der Waals surface area (Å²) in [5.74, 6) is -1.93. The number of amides is 8. The lowest BCUT2D eigenvalue weighted by Gasteiger charge is -2.35. The Hall–Kier alpha value is -6.28. The van der Waals surface area contributed by atoms with Crippen molar-refractivity contribution in [2.45, 2.75) is 190 Å². The minimum Gasteiger partial charge on any atom is -0.493 e. The van der Waals surface area contributed by atoms with E-state index in [1.807, 2.05) is 48.5 Å². The quantitative estimate of drug-likeness (QED) is 0.107. The van der Waals surface area contributed by atoms with Crippen molar-refractivity contribution in [2.75, 3.05) is 40.4 Å². The summed E-state index contributed by atoms with van der Waals surface area (Å²) < 4.78 is 11.8. The molecule has 3 aliphatic carbocycles. The zero-order valence-electron chi connectivity index (χ0n) is 47.2. The third kappa shape index (κ3) is 13.7. The molecule has 10 atom stereocenters. The highest BCUT2D eigenvalue weighted by atomic mass is 16.5. The molecule has 0 spiro atoms. The monoisotopic (exact) mass is 1110 g/mol. The standard InChI is InChI=1S/C60H86N10O10/c1-35(61-3)53(71)67-51(37-15-7-5-8-16-37)59(77)69-33-41(31-47(69)57(75)65-45-27-29-79-49-21-13-11-19-43(45)49)63-55(73)39-23-25-40(26-24-39)56(74)64-42-32-48(58(76)66-46-28-30-80-50-22-14-12-20-44(46)50)70(34-42)60(78)52(38-17-9-6-10-18-38)68-54(72)36(2)62-4/h11-14,19-22,35-42,45-48,51-52,61-62H,5-10,15-18,23-34H2,1-4H3,(H,63,73)(H,64,74)(H,65,75)(H,66,76)(H,67,71)(H,68,72)/t35-,36-,39?,40?,41-,42-,45?,46?,47-,48-,51-,52-/m0/s1. The molecule has 5 fully saturated rings. The average molecular weight is 1110 g/mol. The Morgan fingerprint density at radius 1 is 0.475 bits per heavy atom. The van der Waals surface area contributed by atoms with Gasteiger partial charge in [-0.05, 0) is 116 Å². The number of likely N-dealkylation sites (tertiary alicyclic amines) is 2. The molecule has 9 rings (SSSR count). The Labute approximate surface area is 470 Å². The van der Waals surface area contributed by atoms with Crippen LogP contribution in [-0.2, 0) is 38.4 Å². The minimum absolute atomic E-state index is 0.0938. The summed E-state index contributed by atoms with van der Waals surface area (Å²) in [5, 5.41) is 24.9. The van der Waals surface area contributed by atoms with Crippen LogP contribution >= 0.6 is 0 Å². The second-order valence-corrected chi connectivity index (χ2v) is 23.7. The van der Waals surface area contributed by atoms with Crippen molar-refractivity contribution in [3.8, 4) is 11.5 Å². The summed E-state index contributed by atoms with van der Waals surface area (Å²) in [5.41, 5.74) is 1.71. The zero-order valence-corrected chi connectivity index (χ0v) is 47.2. The fourth-order valence-corrected chi connectivity index (χ4v) is 13.5. The van der Waals surface area contributed by atoms with Gasteiger partial charge in [-0.3, -0.25) is 38.4 Å². The Bertz CT molecular complexity index is 2370. The van der Waals surface area contributed by atoms with Crippen molar-refractivity contribution in [2.24, 2.45) is 23.7 Å². The molecular formula is C60H86N10O10. The summed E-state index contributed by atoms with van der Waals surface area (Å²) in [4.78, 5) is 117. The van der Waals surface area contributed by atoms with Crippen LogP contribution in [0.5, 0.6) is 11.5 Å². The number of carbonyl (C=O) groups excluding carboxylic acids is 8. The fraction of sp³-hybridized carbons (Fsp3) is 0.667. The number of rotatable bonds is 18. The first-order valence-electron chi connectivity index (χ1n) is 29.9. The van der Waals surface area contributed by atoms with Crippen molar-refractivity contribution >= 4 is 47.3 Å². The van der Waals surface area contributed by atoms with Gasteiger partial charge in [-0.15, -0.1) is 0 Å². The second-order valence-electron chi connectivity index (χ2n) is 23.7. The number of ether oxygens (including phenoxy) is 2. The number of carbonyl (C=O) groups is 8. The summed E-state index contributed by atoms with van der Waals surface area (Å²) >= 11 is 0. The average Bonchev–Trinajstić information content (AvgIpc) is 4.12. The number of hydrogen-bond acceptors (Lipinski definition) is 12. The fourth-order valence-electron chi connectivity index (χ4n) is 13.5. The predicted molar refractivity (Wildman–Crippen MR) is 298 cm³/mol. The molecule has 4 aliphatic heterocycles. The van der Waals surface area contributed by atoms with Gasteiger partial charge in [0.15, 0.2) is 0 Å². The second kappa shape index (κ2) is 27.0. The summed E-state index contributed by atoms with van der Waals surface area (Å²) in [6.07, 6.45) is 12.2. The molecular weight excluding hydrogens is 1020 g/mol. The summed E-state index contributed by atoms with van der Waals surface area (Å²) in [7, 11) is 3.38. The van der Waals surface area contributed by atoms with Crippen LogP contribution < -0.4 is 52.0 Å². The summed E-state index contributed by atoms with van der Waals surface area (Å²) in [6.45, 7) is 4.51. The first-order valence-corrected chi connectivity index (χ1v) is 29.9. The van der Waals surface area contributed by atoms with Crippen molar-refractivity contribution in [1.82, 2.24) is 52.3 Å². The highest BCUT2D eigenvalue weighted by molar-refractivity contribution is 5.95. The molecule has 436 valence electrons. The lowest BCUT2D eigenvalue weighted by molar-refractivity contribution is -0.143. The zero-order chi connectivity index (χ0) is 56.5. The minimum atomic E-state index is -0.906. The number of nitrogens with zero attached hydrogens (tertiary/aromatic N) is 2. The van der Waals surface area contributed by atoms with E-state index >= 15 is 0 Å². The van der Waals surface area contributed by atoms with Crippen molar-refractivity contribution in [1.29, 1.82) is 0 Å². The van der Waals surface area contributed by atoms with E-state index in [9.17, 15) is 38.4 Å². The molecule has 2 saturated heterocycles. The lowest BCUT2D eigenvalue weighted by atomic mass is 9.81. The highest BCUT2D eigenvalue weighted by Crippen LogP contribution is 2.37. The van der Waals surface area contributed by atoms with Gasteiger partial charge < -0.3 is 61.8 Å². The number of benzene rings is 2. The van der Waals surface area contributed by atoms with Crippen molar-refractivity contribution in [3.63, 3.8) is 0 Å². The van der Waals surface area contributed by atoms with Gasteiger partial charge in [0.05, 0.1) is 37.4 Å². The first kappa shape index (κ1) is 58.4. The number of likely N-dealkylation sites (N-methyl/N-ethyl adjacent to an activating group) is 2. The van der Waals surface area contributed by atoms with E-state index in [-0.39, 0.29) is 97.1 Å². The third-order valence-electron chi connectivity index (χ3n) is 18.5. The van der Waals surface area contributed by atoms with Gasteiger partial charge in [0.1, 0.15) is 35.7 Å². The maximum atomic E-state index is 14.9. The molecule has 20 heteroatoms. The van der Waals surface area contributed by atoms with Crippen LogP contribution in [0.4, 0.5) is 0 Å². The highest BCUT2D eigenvalue weighted by Gasteiger charge is 2.48. The number of nitrogens with one attached hydrogen (secondary N) is 8. The molecule has 4 heterocycles. The normalized spacial score (nSPS) is 27.5. The molecule has 2 unspecified atom stereocenters. The van der Waals surface area contributed by atoms with E-state index in [1.165, 1.54) is 0 Å². The van der Waals surface area contributed by atoms with Crippen LogP contribution in [0, 0.1) is 23.7 Å². The van der Waals surface area contributed by atoms with Gasteiger partial charge in [0.2, 0.25) is 47.3 Å². The van der Waals surface area contributed by atoms with Gasteiger partial charge in [0.25, 0.3) is 0 Å². The van der Waals surface area contributed by atoms with Gasteiger partial charge >= 0.3 is 0 Å². The van der Waals surface area contributed by atoms with Crippen LogP contribution in [0.3, 0.4) is 0 Å². The van der Waals surface area contributed by atoms with Gasteiger partial charge in [-0.2, -0.15) is 0 Å². The molecule has 3 saturated carbocycles. The molecule has 8 N–H and O–H groups in total. The predicted octanol–water partition coefficient (Wildman–Crippen LogP) is 3.59. The topological polar surface area (TPSA) is 258 Å². The molecule has 2 aromatic carbocycles. The maximum Gasteiger partial charge on any atom is 0.246 e. The Kier molecular flexibility index (Phi) is 19.7. The summed E-state index contributed by atoms with van der Waals surface area (Å²) in [6, 6.07) is 8.85. The van der Waals surface area contributed by atoms with E-state index in [0.29, 0.717) is 63.2 Å². The molecule has 7 aliphatic rings. The smallest absolute Gasteiger partial charge is 0.246 e. The van der Waals surface area contributed by atoms with E-state index in [0.717, 1.165) is 75.3 Å². The Balaban J connectivity index is 0.855. The van der Waals surface area contributed by atoms with Crippen molar-refractivity contribution < 1.29 is 47.8 Å². The van der Waals surface area contributed by atoms with Gasteiger partial charge in [0, 0.05) is 61.0 Å². The van der Waals surface area contributed by atoms with Crippen LogP contribution in [0.15, 0.2) is 48.5 Å². The SMILES string of the molecule is CN[C@@H](C)C(=O)N[C@H](C(=O)N1C[C@@H](NC(=O)C2CCC(C(=O)N[C@H]3C[C@@H](C(=O)NC4CCOc5ccccc54)N(C(=O)[C@@H](NC(=O)[C@H](C)NC)C4CCCCC4)C3)CC2)C[C@H]1C(=O)NC1CCOc2ccccc21)C1CCCCC1. The molecule has 0 radical (unpaired) electrons. The third-order valence-corrected chi connectivity index (χ3v) is 18.5. The van der Waals surface area contributed by atoms with E-state index in [2.05, 4.69) is 42.5 Å². The van der Waals surface area contributed by atoms with Gasteiger partial charge in [-0.25, -0.2) is 0 Å². The van der Waals surface area contributed by atoms with Crippen LogP contribution in [0.1, 0.15) is 153 Å². The molecule has 20 nitrogen and oxygen atoms in total. The number of fused-ring (bicyclic) bond motifs is 2.